The second kappa shape index (κ2) is 3.38. The van der Waals surface area contributed by atoms with Crippen molar-refractivity contribution < 1.29 is 4.79 Å². The lowest BCUT2D eigenvalue weighted by atomic mass is 10.0. The maximum absolute atomic E-state index is 10.8. The highest BCUT2D eigenvalue weighted by molar-refractivity contribution is 5.99. The van der Waals surface area contributed by atoms with Crippen molar-refractivity contribution >= 4 is 11.5 Å². The standard InChI is InChI=1S/C7H13NO/c1-5(2)7(9)4-6(3)8/h5,8H,4H2,1-3H3. The molecule has 0 saturated carbocycles. The minimum Gasteiger partial charge on any atom is -0.310 e. The van der Waals surface area contributed by atoms with E-state index in [1.54, 1.807) is 6.92 Å². The van der Waals surface area contributed by atoms with Crippen LogP contribution in [0.1, 0.15) is 27.2 Å². The number of carbonyl (C=O) groups is 1. The maximum atomic E-state index is 10.8. The zero-order valence-electron chi connectivity index (χ0n) is 6.19. The second-order valence-corrected chi connectivity index (χ2v) is 2.58. The summed E-state index contributed by atoms with van der Waals surface area (Å²) < 4.78 is 0. The Morgan fingerprint density at radius 2 is 2.00 bits per heavy atom. The highest BCUT2D eigenvalue weighted by Crippen LogP contribution is 1.98. The molecular formula is C7H13NO. The Balaban J connectivity index is 3.64. The predicted molar refractivity (Wildman–Crippen MR) is 37.9 cm³/mol. The second-order valence-electron chi connectivity index (χ2n) is 2.58. The molecule has 0 aromatic carbocycles. The fourth-order valence-electron chi connectivity index (χ4n) is 0.465. The molecule has 0 fully saturated rings. The molecule has 0 aromatic heterocycles. The topological polar surface area (TPSA) is 40.9 Å². The van der Waals surface area contributed by atoms with E-state index in [0.29, 0.717) is 12.1 Å². The largest absolute Gasteiger partial charge is 0.310 e. The quantitative estimate of drug-likeness (QED) is 0.575. The molecule has 2 nitrogen and oxygen atoms in total. The predicted octanol–water partition coefficient (Wildman–Crippen LogP) is 1.64. The minimum atomic E-state index is 0.0744. The van der Waals surface area contributed by atoms with Crippen LogP contribution in [0.4, 0.5) is 0 Å². The summed E-state index contributed by atoms with van der Waals surface area (Å²) in [7, 11) is 0. The highest BCUT2D eigenvalue weighted by Gasteiger charge is 2.06. The van der Waals surface area contributed by atoms with Crippen molar-refractivity contribution in [1.29, 1.82) is 5.41 Å². The Hall–Kier alpha value is -0.660. The molecule has 0 aliphatic carbocycles. The summed E-state index contributed by atoms with van der Waals surface area (Å²) in [6.07, 6.45) is 0.317. The number of carbonyl (C=O) groups excluding carboxylic acids is 1. The van der Waals surface area contributed by atoms with Gasteiger partial charge >= 0.3 is 0 Å². The van der Waals surface area contributed by atoms with Crippen LogP contribution in [-0.4, -0.2) is 11.5 Å². The van der Waals surface area contributed by atoms with Gasteiger partial charge in [-0.3, -0.25) is 4.79 Å². The van der Waals surface area contributed by atoms with Crippen molar-refractivity contribution in [2.75, 3.05) is 0 Å². The fraction of sp³-hybridized carbons (Fsp3) is 0.714. The number of nitrogens with one attached hydrogen (secondary N) is 1. The van der Waals surface area contributed by atoms with Crippen molar-refractivity contribution in [3.8, 4) is 0 Å². The van der Waals surface area contributed by atoms with Crippen molar-refractivity contribution in [3.05, 3.63) is 0 Å². The van der Waals surface area contributed by atoms with Crippen LogP contribution in [0.25, 0.3) is 0 Å². The molecule has 0 aliphatic rings. The molecule has 0 rings (SSSR count). The van der Waals surface area contributed by atoms with E-state index in [1.807, 2.05) is 13.8 Å². The van der Waals surface area contributed by atoms with Crippen LogP contribution in [-0.2, 0) is 4.79 Å². The lowest BCUT2D eigenvalue weighted by Gasteiger charge is -2.00. The van der Waals surface area contributed by atoms with Gasteiger partial charge in [0.05, 0.1) is 0 Å². The first-order valence-corrected chi connectivity index (χ1v) is 3.10. The Morgan fingerprint density at radius 3 is 2.11 bits per heavy atom. The zero-order chi connectivity index (χ0) is 7.44. The summed E-state index contributed by atoms with van der Waals surface area (Å²) in [6, 6.07) is 0. The van der Waals surface area contributed by atoms with Crippen molar-refractivity contribution in [2.24, 2.45) is 5.92 Å². The lowest BCUT2D eigenvalue weighted by molar-refractivity contribution is -0.120. The van der Waals surface area contributed by atoms with Gasteiger partial charge in [0.2, 0.25) is 0 Å². The molecule has 52 valence electrons. The molecule has 1 N–H and O–H groups in total. The van der Waals surface area contributed by atoms with Gasteiger partial charge in [-0.2, -0.15) is 0 Å². The molecule has 0 radical (unpaired) electrons. The number of hydrogen-bond donors (Lipinski definition) is 1. The van der Waals surface area contributed by atoms with Gasteiger partial charge in [0, 0.05) is 18.1 Å². The van der Waals surface area contributed by atoms with Gasteiger partial charge in [-0.25, -0.2) is 0 Å². The molecular weight excluding hydrogens is 114 g/mol. The van der Waals surface area contributed by atoms with Crippen LogP contribution in [0.3, 0.4) is 0 Å². The van der Waals surface area contributed by atoms with Gasteiger partial charge < -0.3 is 5.41 Å². The van der Waals surface area contributed by atoms with E-state index >= 15 is 0 Å². The zero-order valence-corrected chi connectivity index (χ0v) is 6.19. The first-order chi connectivity index (χ1) is 4.04. The molecule has 0 spiro atoms. The molecule has 0 aromatic rings. The summed E-state index contributed by atoms with van der Waals surface area (Å²) >= 11 is 0. The van der Waals surface area contributed by atoms with E-state index in [-0.39, 0.29) is 11.7 Å². The van der Waals surface area contributed by atoms with Gasteiger partial charge in [0.15, 0.2) is 0 Å². The van der Waals surface area contributed by atoms with E-state index in [0.717, 1.165) is 0 Å². The smallest absolute Gasteiger partial charge is 0.140 e. The number of hydrogen-bond acceptors (Lipinski definition) is 2. The van der Waals surface area contributed by atoms with E-state index in [1.165, 1.54) is 0 Å². The molecule has 0 saturated heterocycles. The molecule has 0 heterocycles. The normalized spacial score (nSPS) is 9.78. The number of ketones is 1. The van der Waals surface area contributed by atoms with Crippen molar-refractivity contribution in [1.82, 2.24) is 0 Å². The van der Waals surface area contributed by atoms with Crippen LogP contribution in [0.15, 0.2) is 0 Å². The van der Waals surface area contributed by atoms with Crippen LogP contribution in [0.5, 0.6) is 0 Å². The van der Waals surface area contributed by atoms with E-state index in [2.05, 4.69) is 0 Å². The van der Waals surface area contributed by atoms with Gasteiger partial charge in [0.1, 0.15) is 5.78 Å². The van der Waals surface area contributed by atoms with Crippen LogP contribution in [0, 0.1) is 11.3 Å². The molecule has 0 atom stereocenters. The van der Waals surface area contributed by atoms with E-state index in [4.69, 9.17) is 5.41 Å². The molecule has 0 amide bonds. The molecule has 0 bridgehead atoms. The van der Waals surface area contributed by atoms with Crippen LogP contribution >= 0.6 is 0 Å². The van der Waals surface area contributed by atoms with Gasteiger partial charge in [0.25, 0.3) is 0 Å². The SMILES string of the molecule is CC(=N)CC(=O)C(C)C. The summed E-state index contributed by atoms with van der Waals surface area (Å²) in [5, 5.41) is 7.00. The third kappa shape index (κ3) is 3.88. The van der Waals surface area contributed by atoms with Crippen molar-refractivity contribution in [2.45, 2.75) is 27.2 Å². The third-order valence-corrected chi connectivity index (χ3v) is 1.08. The van der Waals surface area contributed by atoms with Crippen LogP contribution in [0.2, 0.25) is 0 Å². The first-order valence-electron chi connectivity index (χ1n) is 3.10. The van der Waals surface area contributed by atoms with Crippen molar-refractivity contribution in [3.63, 3.8) is 0 Å². The lowest BCUT2D eigenvalue weighted by Crippen LogP contribution is -2.10. The summed E-state index contributed by atoms with van der Waals surface area (Å²) in [5.74, 6) is 0.229. The summed E-state index contributed by atoms with van der Waals surface area (Å²) in [5.41, 5.74) is 0.453. The Morgan fingerprint density at radius 1 is 1.56 bits per heavy atom. The summed E-state index contributed by atoms with van der Waals surface area (Å²) in [6.45, 7) is 5.36. The average molecular weight is 127 g/mol. The third-order valence-electron chi connectivity index (χ3n) is 1.08. The Bertz CT molecular complexity index is 127. The number of Topliss-reactive ketones (excluding diaryl/α,β-unsaturated/α-hetero) is 1. The van der Waals surface area contributed by atoms with Crippen LogP contribution < -0.4 is 0 Å². The van der Waals surface area contributed by atoms with Gasteiger partial charge in [-0.1, -0.05) is 13.8 Å². The van der Waals surface area contributed by atoms with Gasteiger partial charge in [-0.15, -0.1) is 0 Å². The fourth-order valence-corrected chi connectivity index (χ4v) is 0.465. The number of rotatable bonds is 3. The molecule has 0 unspecified atom stereocenters. The van der Waals surface area contributed by atoms with E-state index in [9.17, 15) is 4.79 Å². The molecule has 0 aliphatic heterocycles. The average Bonchev–Trinajstić information content (AvgIpc) is 1.63. The Labute approximate surface area is 55.8 Å². The monoisotopic (exact) mass is 127 g/mol. The molecule has 9 heavy (non-hydrogen) atoms. The molecule has 2 heteroatoms. The van der Waals surface area contributed by atoms with Gasteiger partial charge in [-0.05, 0) is 6.92 Å². The minimum absolute atomic E-state index is 0.0744. The highest BCUT2D eigenvalue weighted by atomic mass is 16.1. The van der Waals surface area contributed by atoms with E-state index < -0.39 is 0 Å². The maximum Gasteiger partial charge on any atom is 0.140 e. The first kappa shape index (κ1) is 8.34. The summed E-state index contributed by atoms with van der Waals surface area (Å²) in [4.78, 5) is 10.8. The Kier molecular flexibility index (Phi) is 3.13.